The quantitative estimate of drug-likeness (QED) is 0.692. The standard InChI is InChI=1S/C8H5ClF2N2/c9-7-5(1-2-12)3-6(4-13-7)8(10)11/h3-4,8H,1H2. The predicted molar refractivity (Wildman–Crippen MR) is 43.5 cm³/mol. The predicted octanol–water partition coefficient (Wildman–Crippen LogP) is 2.74. The average molecular weight is 203 g/mol. The van der Waals surface area contributed by atoms with E-state index < -0.39 is 6.43 Å². The molecule has 0 aliphatic carbocycles. The highest BCUT2D eigenvalue weighted by molar-refractivity contribution is 6.30. The Hall–Kier alpha value is -1.21. The van der Waals surface area contributed by atoms with Gasteiger partial charge in [-0.15, -0.1) is 0 Å². The molecule has 1 rings (SSSR count). The molecule has 68 valence electrons. The van der Waals surface area contributed by atoms with Crippen LogP contribution in [0.4, 0.5) is 8.78 Å². The van der Waals surface area contributed by atoms with Crippen molar-refractivity contribution >= 4 is 11.6 Å². The smallest absolute Gasteiger partial charge is 0.244 e. The largest absolute Gasteiger partial charge is 0.265 e. The number of hydrogen-bond acceptors (Lipinski definition) is 2. The molecular weight excluding hydrogens is 198 g/mol. The first-order valence-corrected chi connectivity index (χ1v) is 3.82. The Morgan fingerprint density at radius 2 is 2.31 bits per heavy atom. The highest BCUT2D eigenvalue weighted by atomic mass is 35.5. The number of pyridine rings is 1. The van der Waals surface area contributed by atoms with Crippen LogP contribution in [0.3, 0.4) is 0 Å². The van der Waals surface area contributed by atoms with Crippen LogP contribution < -0.4 is 0 Å². The molecule has 0 unspecified atom stereocenters. The van der Waals surface area contributed by atoms with E-state index in [1.54, 1.807) is 0 Å². The lowest BCUT2D eigenvalue weighted by atomic mass is 10.2. The van der Waals surface area contributed by atoms with Crippen molar-refractivity contribution in [1.29, 1.82) is 5.26 Å². The van der Waals surface area contributed by atoms with Crippen molar-refractivity contribution in [3.63, 3.8) is 0 Å². The molecule has 0 radical (unpaired) electrons. The average Bonchev–Trinajstić information content (AvgIpc) is 2.08. The summed E-state index contributed by atoms with van der Waals surface area (Å²) in [7, 11) is 0. The van der Waals surface area contributed by atoms with E-state index in [1.165, 1.54) is 6.07 Å². The van der Waals surface area contributed by atoms with Crippen LogP contribution in [0.2, 0.25) is 5.15 Å². The normalized spacial score (nSPS) is 10.1. The van der Waals surface area contributed by atoms with Crippen molar-refractivity contribution in [2.75, 3.05) is 0 Å². The first-order valence-electron chi connectivity index (χ1n) is 3.44. The van der Waals surface area contributed by atoms with Crippen LogP contribution in [-0.2, 0) is 6.42 Å². The Kier molecular flexibility index (Phi) is 3.15. The number of rotatable bonds is 2. The minimum atomic E-state index is -2.58. The lowest BCUT2D eigenvalue weighted by molar-refractivity contribution is 0.151. The van der Waals surface area contributed by atoms with Gasteiger partial charge in [-0.25, -0.2) is 13.8 Å². The zero-order valence-corrected chi connectivity index (χ0v) is 7.22. The second kappa shape index (κ2) is 4.15. The molecule has 2 nitrogen and oxygen atoms in total. The summed E-state index contributed by atoms with van der Waals surface area (Å²) in [5.41, 5.74) is 0.122. The highest BCUT2D eigenvalue weighted by Crippen LogP contribution is 2.22. The van der Waals surface area contributed by atoms with Gasteiger partial charge in [0, 0.05) is 17.3 Å². The summed E-state index contributed by atoms with van der Waals surface area (Å²) in [4.78, 5) is 3.55. The maximum absolute atomic E-state index is 12.2. The van der Waals surface area contributed by atoms with Crippen molar-refractivity contribution in [2.45, 2.75) is 12.8 Å². The zero-order chi connectivity index (χ0) is 9.84. The highest BCUT2D eigenvalue weighted by Gasteiger charge is 2.10. The van der Waals surface area contributed by atoms with Crippen molar-refractivity contribution in [3.8, 4) is 6.07 Å². The number of nitriles is 1. The van der Waals surface area contributed by atoms with Gasteiger partial charge < -0.3 is 0 Å². The van der Waals surface area contributed by atoms with Crippen LogP contribution in [0, 0.1) is 11.3 Å². The number of aromatic nitrogens is 1. The van der Waals surface area contributed by atoms with E-state index in [9.17, 15) is 8.78 Å². The van der Waals surface area contributed by atoms with E-state index in [1.807, 2.05) is 6.07 Å². The Morgan fingerprint density at radius 3 is 2.85 bits per heavy atom. The van der Waals surface area contributed by atoms with Gasteiger partial charge in [-0.2, -0.15) is 5.26 Å². The van der Waals surface area contributed by atoms with Gasteiger partial charge in [0.15, 0.2) is 0 Å². The number of hydrogen-bond donors (Lipinski definition) is 0. The molecule has 0 saturated carbocycles. The van der Waals surface area contributed by atoms with Gasteiger partial charge in [-0.1, -0.05) is 11.6 Å². The molecular formula is C8H5ClF2N2. The molecule has 0 saturated heterocycles. The molecule has 1 aromatic heterocycles. The van der Waals surface area contributed by atoms with E-state index in [0.29, 0.717) is 5.56 Å². The third kappa shape index (κ3) is 2.36. The Balaban J connectivity index is 3.05. The molecule has 0 fully saturated rings. The molecule has 1 heterocycles. The second-order valence-corrected chi connectivity index (χ2v) is 2.71. The Morgan fingerprint density at radius 1 is 1.62 bits per heavy atom. The Bertz CT molecular complexity index is 346. The lowest BCUT2D eigenvalue weighted by Crippen LogP contribution is -1.92. The minimum absolute atomic E-state index is 0.00755. The molecule has 13 heavy (non-hydrogen) atoms. The van der Waals surface area contributed by atoms with E-state index in [4.69, 9.17) is 16.9 Å². The molecule has 0 spiro atoms. The Labute approximate surface area is 78.8 Å². The van der Waals surface area contributed by atoms with E-state index >= 15 is 0 Å². The van der Waals surface area contributed by atoms with Gasteiger partial charge in [0.05, 0.1) is 12.5 Å². The summed E-state index contributed by atoms with van der Waals surface area (Å²) in [6, 6.07) is 3.02. The van der Waals surface area contributed by atoms with Crippen LogP contribution in [0.1, 0.15) is 17.6 Å². The maximum atomic E-state index is 12.2. The summed E-state index contributed by atoms with van der Waals surface area (Å²) in [6.45, 7) is 0. The van der Waals surface area contributed by atoms with Crippen molar-refractivity contribution in [2.24, 2.45) is 0 Å². The number of nitrogens with zero attached hydrogens (tertiary/aromatic N) is 2. The second-order valence-electron chi connectivity index (χ2n) is 2.35. The van der Waals surface area contributed by atoms with Crippen LogP contribution in [0.25, 0.3) is 0 Å². The minimum Gasteiger partial charge on any atom is -0.244 e. The summed E-state index contributed by atoms with van der Waals surface area (Å²) < 4.78 is 24.3. The molecule has 5 heteroatoms. The first-order chi connectivity index (χ1) is 6.15. The van der Waals surface area contributed by atoms with Crippen LogP contribution in [0.15, 0.2) is 12.3 Å². The van der Waals surface area contributed by atoms with Gasteiger partial charge in [-0.3, -0.25) is 0 Å². The maximum Gasteiger partial charge on any atom is 0.265 e. The lowest BCUT2D eigenvalue weighted by Gasteiger charge is -2.02. The van der Waals surface area contributed by atoms with E-state index in [2.05, 4.69) is 4.98 Å². The van der Waals surface area contributed by atoms with E-state index in [0.717, 1.165) is 6.20 Å². The zero-order valence-electron chi connectivity index (χ0n) is 6.47. The van der Waals surface area contributed by atoms with Gasteiger partial charge in [0.2, 0.25) is 0 Å². The van der Waals surface area contributed by atoms with Crippen molar-refractivity contribution in [1.82, 2.24) is 4.98 Å². The van der Waals surface area contributed by atoms with Crippen LogP contribution in [0.5, 0.6) is 0 Å². The first kappa shape index (κ1) is 9.87. The van der Waals surface area contributed by atoms with Crippen LogP contribution in [-0.4, -0.2) is 4.98 Å². The fraction of sp³-hybridized carbons (Fsp3) is 0.250. The van der Waals surface area contributed by atoms with Gasteiger partial charge >= 0.3 is 0 Å². The molecule has 0 atom stereocenters. The number of alkyl halides is 2. The molecule has 0 aliphatic rings. The molecule has 1 aromatic rings. The fourth-order valence-corrected chi connectivity index (χ4v) is 1.01. The monoisotopic (exact) mass is 202 g/mol. The molecule has 0 aromatic carbocycles. The van der Waals surface area contributed by atoms with Crippen molar-refractivity contribution < 1.29 is 8.78 Å². The summed E-state index contributed by atoms with van der Waals surface area (Å²) >= 11 is 5.57. The van der Waals surface area contributed by atoms with Gasteiger partial charge in [0.25, 0.3) is 6.43 Å². The SMILES string of the molecule is N#CCc1cc(C(F)F)cnc1Cl. The van der Waals surface area contributed by atoms with E-state index in [-0.39, 0.29) is 17.1 Å². The third-order valence-corrected chi connectivity index (χ3v) is 1.79. The van der Waals surface area contributed by atoms with Gasteiger partial charge in [-0.05, 0) is 6.07 Å². The molecule has 0 amide bonds. The van der Waals surface area contributed by atoms with Crippen LogP contribution >= 0.6 is 11.6 Å². The topological polar surface area (TPSA) is 36.7 Å². The molecule has 0 N–H and O–H groups in total. The fourth-order valence-electron chi connectivity index (χ4n) is 0.841. The summed E-state index contributed by atoms with van der Waals surface area (Å²) in [5, 5.41) is 8.45. The number of halogens is 3. The summed E-state index contributed by atoms with van der Waals surface area (Å²) in [5.74, 6) is 0. The summed E-state index contributed by atoms with van der Waals surface area (Å²) in [6.07, 6.45) is -1.58. The van der Waals surface area contributed by atoms with Gasteiger partial charge in [0.1, 0.15) is 5.15 Å². The molecule has 0 bridgehead atoms. The van der Waals surface area contributed by atoms with Crippen molar-refractivity contribution in [3.05, 3.63) is 28.5 Å². The third-order valence-electron chi connectivity index (χ3n) is 1.45. The molecule has 0 aliphatic heterocycles.